The molecule has 2 aromatic carbocycles. The molecule has 1 fully saturated rings. The third-order valence-corrected chi connectivity index (χ3v) is 8.45. The van der Waals surface area contributed by atoms with Crippen molar-refractivity contribution < 1.29 is 42.0 Å². The molecule has 1 heterocycles. The number of thioether (sulfide) groups is 1. The van der Waals surface area contributed by atoms with Gasteiger partial charge in [-0.1, -0.05) is 30.7 Å². The van der Waals surface area contributed by atoms with Crippen LogP contribution in [0.5, 0.6) is 0 Å². The number of hydrogen-bond donors (Lipinski definition) is 2. The summed E-state index contributed by atoms with van der Waals surface area (Å²) in [5, 5.41) is 14.1. The summed E-state index contributed by atoms with van der Waals surface area (Å²) >= 11 is 1.47. The van der Waals surface area contributed by atoms with Crippen molar-refractivity contribution in [2.45, 2.75) is 43.5 Å². The summed E-state index contributed by atoms with van der Waals surface area (Å²) in [4.78, 5) is 27.0. The van der Waals surface area contributed by atoms with Crippen LogP contribution < -0.4 is 34.0 Å². The third-order valence-electron chi connectivity index (χ3n) is 6.35. The first-order valence-corrected chi connectivity index (χ1v) is 15.0. The molecule has 2 N–H and O–H groups in total. The molecule has 0 unspecified atom stereocenters. The number of aliphatic carboxylic acids is 1. The molecule has 1 aliphatic rings. The van der Waals surface area contributed by atoms with Crippen LogP contribution in [0, 0.1) is 6.92 Å². The zero-order valence-electron chi connectivity index (χ0n) is 21.8. The van der Waals surface area contributed by atoms with E-state index < -0.39 is 27.9 Å². The van der Waals surface area contributed by atoms with Gasteiger partial charge in [0.2, 0.25) is 10.0 Å². The second kappa shape index (κ2) is 15.0. The van der Waals surface area contributed by atoms with Crippen molar-refractivity contribution in [1.82, 2.24) is 14.9 Å². The Morgan fingerprint density at radius 1 is 1.08 bits per heavy atom. The van der Waals surface area contributed by atoms with Gasteiger partial charge in [0.1, 0.15) is 0 Å². The van der Waals surface area contributed by atoms with Crippen molar-refractivity contribution in [3.05, 3.63) is 53.6 Å². The van der Waals surface area contributed by atoms with Crippen LogP contribution in [0.3, 0.4) is 0 Å². The number of carbonyl (C=O) groups excluding carboxylic acids is 2. The van der Waals surface area contributed by atoms with Crippen LogP contribution in [0.4, 0.5) is 0 Å². The number of likely N-dealkylation sites (tertiary alicyclic amines) is 1. The Morgan fingerprint density at radius 3 is 2.43 bits per heavy atom. The van der Waals surface area contributed by atoms with Gasteiger partial charge in [-0.15, -0.1) is 0 Å². The molecular formula is C26H34LiN3O5S2. The number of amides is 1. The van der Waals surface area contributed by atoms with Crippen molar-refractivity contribution in [1.29, 1.82) is 0 Å². The predicted octanol–water partition coefficient (Wildman–Crippen LogP) is -0.968. The van der Waals surface area contributed by atoms with Crippen molar-refractivity contribution in [3.63, 3.8) is 0 Å². The molecule has 37 heavy (non-hydrogen) atoms. The van der Waals surface area contributed by atoms with Crippen LogP contribution in [0.2, 0.25) is 0 Å². The maximum Gasteiger partial charge on any atom is 1.00 e. The van der Waals surface area contributed by atoms with Gasteiger partial charge in [-0.05, 0) is 86.2 Å². The van der Waals surface area contributed by atoms with Gasteiger partial charge < -0.3 is 20.1 Å². The molecule has 0 radical (unpaired) electrons. The Balaban J connectivity index is 0.00000481. The predicted molar refractivity (Wildman–Crippen MR) is 141 cm³/mol. The van der Waals surface area contributed by atoms with Gasteiger partial charge in [0.15, 0.2) is 0 Å². The fourth-order valence-corrected chi connectivity index (χ4v) is 5.83. The Labute approximate surface area is 236 Å². The molecule has 196 valence electrons. The van der Waals surface area contributed by atoms with E-state index in [2.05, 4.69) is 14.9 Å². The number of nitrogens with one attached hydrogen (secondary N) is 2. The fraction of sp³-hybridized carbons (Fsp3) is 0.462. The smallest absolute Gasteiger partial charge is 0.548 e. The van der Waals surface area contributed by atoms with Crippen molar-refractivity contribution in [3.8, 4) is 11.1 Å². The van der Waals surface area contributed by atoms with Crippen LogP contribution in [0.1, 0.15) is 41.6 Å². The van der Waals surface area contributed by atoms with Crippen LogP contribution in [0.15, 0.2) is 47.4 Å². The minimum absolute atomic E-state index is 0. The molecule has 0 spiro atoms. The Bertz CT molecular complexity index is 1170. The van der Waals surface area contributed by atoms with Gasteiger partial charge in [-0.2, -0.15) is 11.8 Å². The van der Waals surface area contributed by atoms with E-state index in [9.17, 15) is 23.1 Å². The molecule has 1 atom stereocenters. The van der Waals surface area contributed by atoms with Crippen molar-refractivity contribution in [2.24, 2.45) is 0 Å². The van der Waals surface area contributed by atoms with Crippen LogP contribution in [-0.4, -0.2) is 69.4 Å². The molecule has 3 rings (SSSR count). The van der Waals surface area contributed by atoms with E-state index in [4.69, 9.17) is 0 Å². The average Bonchev–Trinajstić information content (AvgIpc) is 2.86. The maximum atomic E-state index is 13.2. The molecule has 1 aliphatic heterocycles. The number of carboxylic acid groups (broad SMARTS) is 1. The largest absolute Gasteiger partial charge is 1.00 e. The minimum Gasteiger partial charge on any atom is -0.548 e. The summed E-state index contributed by atoms with van der Waals surface area (Å²) in [5.41, 5.74) is 2.18. The first-order valence-electron chi connectivity index (χ1n) is 12.2. The SMILES string of the molecule is CSCC[C@H](NC(=O)c1ccc(S(=O)(=O)NCCN2CCCCC2)cc1-c1ccccc1C)C(=O)[O-].[Li+]. The zero-order chi connectivity index (χ0) is 26.1. The van der Waals surface area contributed by atoms with Crippen LogP contribution >= 0.6 is 11.8 Å². The molecule has 0 aliphatic carbocycles. The molecular weight excluding hydrogens is 505 g/mol. The molecule has 2 aromatic rings. The first kappa shape index (κ1) is 31.4. The molecule has 11 heteroatoms. The van der Waals surface area contributed by atoms with E-state index in [0.717, 1.165) is 31.5 Å². The summed E-state index contributed by atoms with van der Waals surface area (Å²) in [6, 6.07) is 10.5. The van der Waals surface area contributed by atoms with Gasteiger partial charge in [0.25, 0.3) is 5.91 Å². The van der Waals surface area contributed by atoms with Crippen molar-refractivity contribution in [2.75, 3.05) is 38.2 Å². The summed E-state index contributed by atoms with van der Waals surface area (Å²) in [5.74, 6) is -1.40. The number of aryl methyl sites for hydroxylation is 1. The third kappa shape index (κ3) is 8.88. The second-order valence-electron chi connectivity index (χ2n) is 8.95. The minimum atomic E-state index is -3.81. The number of piperidine rings is 1. The standard InChI is InChI=1S/C26H35N3O5S2.Li/c1-19-8-4-5-9-21(19)23-18-20(36(33,34)27-13-16-29-14-6-3-7-15-29)10-11-22(23)25(30)28-24(26(31)32)12-17-35-2;/h4-5,8-11,18,24,27H,3,6-7,12-17H2,1-2H3,(H,28,30)(H,31,32);/q;+1/p-1/t24-;/m0./s1. The van der Waals surface area contributed by atoms with Crippen LogP contribution in [-0.2, 0) is 14.8 Å². The Morgan fingerprint density at radius 2 is 1.78 bits per heavy atom. The van der Waals surface area contributed by atoms with E-state index in [1.54, 1.807) is 0 Å². The van der Waals surface area contributed by atoms with E-state index in [1.165, 1.54) is 36.4 Å². The summed E-state index contributed by atoms with van der Waals surface area (Å²) < 4.78 is 28.9. The normalized spacial score (nSPS) is 15.0. The molecule has 1 saturated heterocycles. The van der Waals surface area contributed by atoms with Crippen LogP contribution in [0.25, 0.3) is 11.1 Å². The summed E-state index contributed by atoms with van der Waals surface area (Å²) in [6.45, 7) is 4.77. The van der Waals surface area contributed by atoms with Gasteiger partial charge >= 0.3 is 18.9 Å². The zero-order valence-corrected chi connectivity index (χ0v) is 23.4. The maximum absolute atomic E-state index is 13.2. The number of hydrogen-bond acceptors (Lipinski definition) is 7. The number of sulfonamides is 1. The van der Waals surface area contributed by atoms with Crippen molar-refractivity contribution >= 4 is 33.7 Å². The number of rotatable bonds is 12. The Hall–Kier alpha value is -1.80. The average molecular weight is 540 g/mol. The first-order chi connectivity index (χ1) is 17.2. The second-order valence-corrected chi connectivity index (χ2v) is 11.7. The molecule has 0 bridgehead atoms. The fourth-order valence-electron chi connectivity index (χ4n) is 4.31. The van der Waals surface area contributed by atoms with Gasteiger partial charge in [0, 0.05) is 18.7 Å². The number of carbonyl (C=O) groups is 2. The summed E-state index contributed by atoms with van der Waals surface area (Å²) in [6.07, 6.45) is 5.55. The van der Waals surface area contributed by atoms with Gasteiger partial charge in [0.05, 0.1) is 16.9 Å². The quantitative estimate of drug-likeness (QED) is 0.333. The van der Waals surface area contributed by atoms with E-state index in [1.807, 2.05) is 37.4 Å². The summed E-state index contributed by atoms with van der Waals surface area (Å²) in [7, 11) is -3.81. The molecule has 0 aromatic heterocycles. The van der Waals surface area contributed by atoms with E-state index in [0.29, 0.717) is 30.0 Å². The van der Waals surface area contributed by atoms with Gasteiger partial charge in [-0.25, -0.2) is 13.1 Å². The number of carboxylic acids is 1. The molecule has 1 amide bonds. The van der Waals surface area contributed by atoms with Gasteiger partial charge in [-0.3, -0.25) is 4.79 Å². The molecule has 0 saturated carbocycles. The topological polar surface area (TPSA) is 119 Å². The number of benzene rings is 2. The number of nitrogens with zero attached hydrogens (tertiary/aromatic N) is 1. The van der Waals surface area contributed by atoms with E-state index in [-0.39, 0.29) is 35.7 Å². The monoisotopic (exact) mass is 539 g/mol. The Kier molecular flexibility index (Phi) is 12.7. The van der Waals surface area contributed by atoms with E-state index >= 15 is 0 Å². The molecule has 8 nitrogen and oxygen atoms in total.